The van der Waals surface area contributed by atoms with Crippen molar-refractivity contribution in [2.45, 2.75) is 85.0 Å². The van der Waals surface area contributed by atoms with Crippen LogP contribution in [0.15, 0.2) is 23.3 Å². The fourth-order valence-corrected chi connectivity index (χ4v) is 5.09. The van der Waals surface area contributed by atoms with Crippen LogP contribution in [0.4, 0.5) is 0 Å². The Labute approximate surface area is 220 Å². The maximum absolute atomic E-state index is 12.4. The summed E-state index contributed by atoms with van der Waals surface area (Å²) in [5, 5.41) is 4.05. The predicted octanol–water partition coefficient (Wildman–Crippen LogP) is 6.20. The molecule has 9 heteroatoms. The summed E-state index contributed by atoms with van der Waals surface area (Å²) in [5.74, 6) is -0.0130. The van der Waals surface area contributed by atoms with Crippen LogP contribution >= 0.6 is 0 Å². The molecule has 0 saturated carbocycles. The zero-order chi connectivity index (χ0) is 27.5. The Hall–Kier alpha value is -2.77. The maximum atomic E-state index is 12.4. The molecule has 2 rings (SSSR count). The number of carbonyl (C=O) groups excluding carboxylic acids is 2. The van der Waals surface area contributed by atoms with Crippen molar-refractivity contribution in [3.63, 3.8) is 0 Å². The second kappa shape index (κ2) is 14.8. The van der Waals surface area contributed by atoms with Gasteiger partial charge in [0.25, 0.3) is 0 Å². The Morgan fingerprint density at radius 2 is 1.95 bits per heavy atom. The van der Waals surface area contributed by atoms with Crippen LogP contribution in [0.25, 0.3) is 10.4 Å². The standard InChI is InChI=1S/C28H43N3O6/c1-17(2)22(15-24(30-31-29)26-16-23(18(3)4)28(33)37-26)27(36-19(5)32)21-11-12-25(35-7)20(14-21)10-8-9-13-34-6/h11-12,14,17-18,22-24,26-27H,8-10,13,15-16H2,1-7H3/t22-,23-,24-,26-,27?/m0/s1. The van der Waals surface area contributed by atoms with E-state index in [9.17, 15) is 15.1 Å². The van der Waals surface area contributed by atoms with Crippen molar-refractivity contribution in [1.82, 2.24) is 0 Å². The van der Waals surface area contributed by atoms with E-state index < -0.39 is 18.2 Å². The fraction of sp³-hybridized carbons (Fsp3) is 0.714. The lowest BCUT2D eigenvalue weighted by Crippen LogP contribution is -2.32. The van der Waals surface area contributed by atoms with Crippen molar-refractivity contribution >= 4 is 11.9 Å². The van der Waals surface area contributed by atoms with E-state index in [1.54, 1.807) is 14.2 Å². The van der Waals surface area contributed by atoms with Gasteiger partial charge in [-0.1, -0.05) is 38.9 Å². The number of hydrogen-bond donors (Lipinski definition) is 0. The minimum atomic E-state index is -0.560. The molecule has 1 fully saturated rings. The van der Waals surface area contributed by atoms with Gasteiger partial charge in [0, 0.05) is 31.5 Å². The molecule has 0 amide bonds. The maximum Gasteiger partial charge on any atom is 0.309 e. The van der Waals surface area contributed by atoms with Crippen molar-refractivity contribution in [2.75, 3.05) is 20.8 Å². The van der Waals surface area contributed by atoms with Gasteiger partial charge in [0.15, 0.2) is 0 Å². The van der Waals surface area contributed by atoms with Crippen molar-refractivity contribution in [1.29, 1.82) is 0 Å². The lowest BCUT2D eigenvalue weighted by Gasteiger charge is -2.33. The molecule has 1 aromatic carbocycles. The number of unbranched alkanes of at least 4 members (excludes halogenated alkanes) is 1. The Bertz CT molecular complexity index is 944. The number of cyclic esters (lactones) is 1. The topological polar surface area (TPSA) is 120 Å². The number of azide groups is 1. The normalized spacial score (nSPS) is 19.8. The number of hydrogen-bond acceptors (Lipinski definition) is 7. The van der Waals surface area contributed by atoms with Crippen molar-refractivity contribution in [2.24, 2.45) is 28.8 Å². The summed E-state index contributed by atoms with van der Waals surface area (Å²) in [4.78, 5) is 27.7. The first-order valence-electron chi connectivity index (χ1n) is 13.2. The second-order valence-electron chi connectivity index (χ2n) is 10.5. The first kappa shape index (κ1) is 30.5. The molecular weight excluding hydrogens is 474 g/mol. The molecule has 0 bridgehead atoms. The lowest BCUT2D eigenvalue weighted by atomic mass is 9.79. The lowest BCUT2D eigenvalue weighted by molar-refractivity contribution is -0.151. The van der Waals surface area contributed by atoms with E-state index in [1.165, 1.54) is 6.92 Å². The van der Waals surface area contributed by atoms with Gasteiger partial charge < -0.3 is 18.9 Å². The third-order valence-corrected chi connectivity index (χ3v) is 7.22. The number of rotatable bonds is 15. The van der Waals surface area contributed by atoms with Crippen LogP contribution in [0.2, 0.25) is 0 Å². The number of ether oxygens (including phenoxy) is 4. The molecule has 1 aromatic rings. The summed E-state index contributed by atoms with van der Waals surface area (Å²) in [7, 11) is 3.34. The van der Waals surface area contributed by atoms with Crippen molar-refractivity contribution in [3.05, 3.63) is 39.8 Å². The van der Waals surface area contributed by atoms with Crippen molar-refractivity contribution in [3.8, 4) is 5.75 Å². The Morgan fingerprint density at radius 3 is 2.49 bits per heavy atom. The van der Waals surface area contributed by atoms with E-state index in [4.69, 9.17) is 18.9 Å². The molecule has 1 unspecified atom stereocenters. The molecule has 0 spiro atoms. The van der Waals surface area contributed by atoms with Crippen LogP contribution in [0, 0.1) is 23.7 Å². The SMILES string of the molecule is COCCCCc1cc(C(OC(C)=O)[C@@H](C[C@H](N=[N+]=[N-])[C@@H]2C[C@@H](C(C)C)C(=O)O2)C(C)C)ccc1OC. The van der Waals surface area contributed by atoms with Gasteiger partial charge in [0.2, 0.25) is 0 Å². The number of nitrogens with zero attached hydrogens (tertiary/aromatic N) is 3. The molecule has 5 atom stereocenters. The summed E-state index contributed by atoms with van der Waals surface area (Å²) in [6, 6.07) is 5.32. The van der Waals surface area contributed by atoms with E-state index in [0.29, 0.717) is 19.4 Å². The van der Waals surface area contributed by atoms with Gasteiger partial charge in [0.1, 0.15) is 18.0 Å². The van der Waals surface area contributed by atoms with Crippen LogP contribution in [0.3, 0.4) is 0 Å². The van der Waals surface area contributed by atoms with Gasteiger partial charge in [-0.25, -0.2) is 0 Å². The highest BCUT2D eigenvalue weighted by molar-refractivity contribution is 5.75. The Morgan fingerprint density at radius 1 is 1.22 bits per heavy atom. The highest BCUT2D eigenvalue weighted by Crippen LogP contribution is 2.40. The largest absolute Gasteiger partial charge is 0.496 e. The molecule has 37 heavy (non-hydrogen) atoms. The van der Waals surface area contributed by atoms with Crippen LogP contribution in [-0.4, -0.2) is 44.9 Å². The van der Waals surface area contributed by atoms with Gasteiger partial charge in [0.05, 0.1) is 19.1 Å². The summed E-state index contributed by atoms with van der Waals surface area (Å²) < 4.78 is 22.3. The zero-order valence-corrected chi connectivity index (χ0v) is 23.3. The zero-order valence-electron chi connectivity index (χ0n) is 23.3. The molecular formula is C28H43N3O6. The highest BCUT2D eigenvalue weighted by atomic mass is 16.6. The summed E-state index contributed by atoms with van der Waals surface area (Å²) in [6.07, 6.45) is 2.53. The molecule has 206 valence electrons. The van der Waals surface area contributed by atoms with Gasteiger partial charge in [-0.3, -0.25) is 9.59 Å². The van der Waals surface area contributed by atoms with Crippen LogP contribution < -0.4 is 4.74 Å². The molecule has 0 aromatic heterocycles. The van der Waals surface area contributed by atoms with Gasteiger partial charge in [-0.15, -0.1) is 0 Å². The van der Waals surface area contributed by atoms with Gasteiger partial charge in [-0.05, 0) is 72.7 Å². The minimum Gasteiger partial charge on any atom is -0.496 e. The number of methoxy groups -OCH3 is 2. The third-order valence-electron chi connectivity index (χ3n) is 7.22. The second-order valence-corrected chi connectivity index (χ2v) is 10.5. The summed E-state index contributed by atoms with van der Waals surface area (Å²) in [6.45, 7) is 10.2. The molecule has 1 saturated heterocycles. The van der Waals surface area contributed by atoms with Crippen LogP contribution in [0.1, 0.15) is 77.5 Å². The number of esters is 2. The Kier molecular flexibility index (Phi) is 12.2. The van der Waals surface area contributed by atoms with E-state index >= 15 is 0 Å². The number of benzene rings is 1. The van der Waals surface area contributed by atoms with Gasteiger partial charge in [-0.2, -0.15) is 0 Å². The predicted molar refractivity (Wildman–Crippen MR) is 141 cm³/mol. The first-order valence-corrected chi connectivity index (χ1v) is 13.2. The molecule has 1 aliphatic rings. The fourth-order valence-electron chi connectivity index (χ4n) is 5.09. The molecule has 1 aliphatic heterocycles. The third kappa shape index (κ3) is 8.64. The summed E-state index contributed by atoms with van der Waals surface area (Å²) in [5.41, 5.74) is 11.2. The monoisotopic (exact) mass is 517 g/mol. The molecule has 1 heterocycles. The average molecular weight is 518 g/mol. The van der Waals surface area contributed by atoms with E-state index in [-0.39, 0.29) is 35.6 Å². The van der Waals surface area contributed by atoms with E-state index in [2.05, 4.69) is 23.9 Å². The van der Waals surface area contributed by atoms with E-state index in [0.717, 1.165) is 36.1 Å². The molecule has 0 N–H and O–H groups in total. The first-order chi connectivity index (χ1) is 17.6. The van der Waals surface area contributed by atoms with E-state index in [1.807, 2.05) is 32.0 Å². The molecule has 0 aliphatic carbocycles. The van der Waals surface area contributed by atoms with Gasteiger partial charge >= 0.3 is 11.9 Å². The van der Waals surface area contributed by atoms with Crippen LogP contribution in [0.5, 0.6) is 5.75 Å². The average Bonchev–Trinajstić information content (AvgIpc) is 3.24. The Balaban J connectivity index is 2.39. The minimum absolute atomic E-state index is 0.0889. The molecule has 9 nitrogen and oxygen atoms in total. The number of carbonyl (C=O) groups is 2. The van der Waals surface area contributed by atoms with Crippen molar-refractivity contribution < 1.29 is 28.5 Å². The highest BCUT2D eigenvalue weighted by Gasteiger charge is 2.42. The number of aryl methyl sites for hydroxylation is 1. The smallest absolute Gasteiger partial charge is 0.309 e. The summed E-state index contributed by atoms with van der Waals surface area (Å²) >= 11 is 0. The quantitative estimate of drug-likeness (QED) is 0.0898. The van der Waals surface area contributed by atoms with Crippen LogP contribution in [-0.2, 0) is 30.2 Å². The molecule has 0 radical (unpaired) electrons.